The van der Waals surface area contributed by atoms with Crippen LogP contribution >= 0.6 is 0 Å². The van der Waals surface area contributed by atoms with Gasteiger partial charge in [-0.2, -0.15) is 0 Å². The van der Waals surface area contributed by atoms with Crippen LogP contribution in [-0.2, 0) is 9.59 Å². The number of fused-ring (bicyclic) bond motifs is 1. The van der Waals surface area contributed by atoms with Gasteiger partial charge in [0.15, 0.2) is 6.61 Å². The van der Waals surface area contributed by atoms with E-state index in [0.29, 0.717) is 23.7 Å². The molecule has 1 aliphatic heterocycles. The van der Waals surface area contributed by atoms with Crippen molar-refractivity contribution in [2.24, 2.45) is 0 Å². The fraction of sp³-hybridized carbons (Fsp3) is 0.263. The molecular weight excluding hydrogens is 320 g/mol. The predicted octanol–water partition coefficient (Wildman–Crippen LogP) is 3.04. The minimum absolute atomic E-state index is 0.00835. The van der Waals surface area contributed by atoms with E-state index >= 15 is 0 Å². The van der Waals surface area contributed by atoms with E-state index in [9.17, 15) is 9.59 Å². The number of hydrogen-bond acceptors (Lipinski definition) is 4. The Labute approximate surface area is 146 Å². The van der Waals surface area contributed by atoms with Crippen LogP contribution in [-0.4, -0.2) is 25.0 Å². The van der Waals surface area contributed by atoms with Gasteiger partial charge in [-0.05, 0) is 49.2 Å². The van der Waals surface area contributed by atoms with Gasteiger partial charge in [-0.15, -0.1) is 0 Å². The van der Waals surface area contributed by atoms with E-state index in [2.05, 4.69) is 10.6 Å². The molecule has 0 bridgehead atoms. The third-order valence-corrected chi connectivity index (χ3v) is 4.04. The fourth-order valence-electron chi connectivity index (χ4n) is 2.52. The van der Waals surface area contributed by atoms with Crippen LogP contribution in [0, 0.1) is 13.8 Å². The number of carbonyl (C=O) groups excluding carboxylic acids is 2. The third kappa shape index (κ3) is 4.09. The average Bonchev–Trinajstić information content (AvgIpc) is 2.58. The summed E-state index contributed by atoms with van der Waals surface area (Å²) in [6.45, 7) is 4.32. The van der Waals surface area contributed by atoms with Gasteiger partial charge in [-0.25, -0.2) is 0 Å². The first kappa shape index (κ1) is 16.8. The molecule has 1 heterocycles. The molecule has 0 atom stereocenters. The molecule has 0 saturated carbocycles. The first-order chi connectivity index (χ1) is 12.0. The van der Waals surface area contributed by atoms with Gasteiger partial charge in [-0.1, -0.05) is 12.1 Å². The van der Waals surface area contributed by atoms with Gasteiger partial charge in [0.1, 0.15) is 11.5 Å². The smallest absolute Gasteiger partial charge is 0.262 e. The van der Waals surface area contributed by atoms with Gasteiger partial charge in [-0.3, -0.25) is 9.59 Å². The standard InChI is InChI=1S/C19H20N2O4/c1-12-4-3-5-16(13(12)2)24-9-8-18(22)20-14-6-7-17-15(10-14)21-19(23)11-25-17/h3-7,10H,8-9,11H2,1-2H3,(H,20,22)(H,21,23). The van der Waals surface area contributed by atoms with E-state index in [-0.39, 0.29) is 24.8 Å². The van der Waals surface area contributed by atoms with Crippen molar-refractivity contribution >= 4 is 23.2 Å². The summed E-state index contributed by atoms with van der Waals surface area (Å²) in [6.07, 6.45) is 0.229. The highest BCUT2D eigenvalue weighted by Gasteiger charge is 2.16. The summed E-state index contributed by atoms with van der Waals surface area (Å²) in [4.78, 5) is 23.4. The summed E-state index contributed by atoms with van der Waals surface area (Å²) >= 11 is 0. The lowest BCUT2D eigenvalue weighted by atomic mass is 10.1. The molecule has 2 aromatic carbocycles. The molecule has 6 nitrogen and oxygen atoms in total. The molecule has 25 heavy (non-hydrogen) atoms. The largest absolute Gasteiger partial charge is 0.493 e. The molecule has 0 radical (unpaired) electrons. The van der Waals surface area contributed by atoms with Crippen molar-refractivity contribution in [1.29, 1.82) is 0 Å². The molecule has 130 valence electrons. The summed E-state index contributed by atoms with van der Waals surface area (Å²) in [6, 6.07) is 11.0. The van der Waals surface area contributed by atoms with Gasteiger partial charge < -0.3 is 20.1 Å². The van der Waals surface area contributed by atoms with Crippen molar-refractivity contribution in [2.45, 2.75) is 20.3 Å². The van der Waals surface area contributed by atoms with Crippen molar-refractivity contribution in [3.63, 3.8) is 0 Å². The first-order valence-corrected chi connectivity index (χ1v) is 8.08. The second kappa shape index (κ2) is 7.25. The summed E-state index contributed by atoms with van der Waals surface area (Å²) in [5, 5.41) is 5.50. The predicted molar refractivity (Wildman–Crippen MR) is 95.2 cm³/mol. The number of amides is 2. The highest BCUT2D eigenvalue weighted by atomic mass is 16.5. The maximum Gasteiger partial charge on any atom is 0.262 e. The summed E-state index contributed by atoms with van der Waals surface area (Å²) in [5.74, 6) is 1.02. The lowest BCUT2D eigenvalue weighted by Gasteiger charge is -2.18. The third-order valence-electron chi connectivity index (χ3n) is 4.04. The molecule has 2 amide bonds. The van der Waals surface area contributed by atoms with Crippen LogP contribution in [0.15, 0.2) is 36.4 Å². The van der Waals surface area contributed by atoms with Crippen LogP contribution in [0.3, 0.4) is 0 Å². The second-order valence-electron chi connectivity index (χ2n) is 5.89. The molecule has 3 rings (SSSR count). The van der Waals surface area contributed by atoms with E-state index < -0.39 is 0 Å². The number of nitrogens with one attached hydrogen (secondary N) is 2. The molecule has 0 spiro atoms. The van der Waals surface area contributed by atoms with Gasteiger partial charge in [0.2, 0.25) is 5.91 Å². The number of rotatable bonds is 5. The zero-order chi connectivity index (χ0) is 17.8. The van der Waals surface area contributed by atoms with Crippen LogP contribution in [0.25, 0.3) is 0 Å². The van der Waals surface area contributed by atoms with Crippen molar-refractivity contribution in [1.82, 2.24) is 0 Å². The number of anilines is 2. The molecule has 0 aliphatic carbocycles. The van der Waals surface area contributed by atoms with Gasteiger partial charge in [0, 0.05) is 5.69 Å². The van der Waals surface area contributed by atoms with Crippen molar-refractivity contribution in [3.8, 4) is 11.5 Å². The van der Waals surface area contributed by atoms with E-state index in [1.54, 1.807) is 18.2 Å². The Bertz CT molecular complexity index is 817. The molecule has 0 fully saturated rings. The lowest BCUT2D eigenvalue weighted by molar-refractivity contribution is -0.118. The Hall–Kier alpha value is -3.02. The monoisotopic (exact) mass is 340 g/mol. The summed E-state index contributed by atoms with van der Waals surface area (Å²) in [7, 11) is 0. The van der Waals surface area contributed by atoms with E-state index in [1.165, 1.54) is 0 Å². The number of ether oxygens (including phenoxy) is 2. The second-order valence-corrected chi connectivity index (χ2v) is 5.89. The Morgan fingerprint density at radius 3 is 2.96 bits per heavy atom. The highest BCUT2D eigenvalue weighted by Crippen LogP contribution is 2.30. The Kier molecular flexibility index (Phi) is 4.88. The minimum atomic E-state index is -0.210. The SMILES string of the molecule is Cc1cccc(OCCC(=O)Nc2ccc3c(c2)NC(=O)CO3)c1C. The van der Waals surface area contributed by atoms with Gasteiger partial charge in [0.05, 0.1) is 18.7 Å². The van der Waals surface area contributed by atoms with Crippen LogP contribution in [0.4, 0.5) is 11.4 Å². The minimum Gasteiger partial charge on any atom is -0.493 e. The molecule has 2 aromatic rings. The average molecular weight is 340 g/mol. The molecular formula is C19H20N2O4. The van der Waals surface area contributed by atoms with E-state index in [4.69, 9.17) is 9.47 Å². The molecule has 6 heteroatoms. The molecule has 0 unspecified atom stereocenters. The van der Waals surface area contributed by atoms with Gasteiger partial charge in [0.25, 0.3) is 5.91 Å². The van der Waals surface area contributed by atoms with E-state index in [1.807, 2.05) is 32.0 Å². The maximum atomic E-state index is 12.1. The number of benzene rings is 2. The van der Waals surface area contributed by atoms with E-state index in [0.717, 1.165) is 16.9 Å². The lowest BCUT2D eigenvalue weighted by Crippen LogP contribution is -2.25. The summed E-state index contributed by atoms with van der Waals surface area (Å²) < 4.78 is 11.0. The van der Waals surface area contributed by atoms with Gasteiger partial charge >= 0.3 is 0 Å². The fourth-order valence-corrected chi connectivity index (χ4v) is 2.52. The molecule has 0 saturated heterocycles. The molecule has 0 aromatic heterocycles. The quantitative estimate of drug-likeness (QED) is 0.877. The zero-order valence-electron chi connectivity index (χ0n) is 14.2. The zero-order valence-corrected chi connectivity index (χ0v) is 14.2. The normalized spacial score (nSPS) is 12.6. The van der Waals surface area contributed by atoms with Crippen LogP contribution < -0.4 is 20.1 Å². The molecule has 1 aliphatic rings. The highest BCUT2D eigenvalue weighted by molar-refractivity contribution is 5.97. The Balaban J connectivity index is 1.53. The number of aryl methyl sites for hydroxylation is 1. The number of carbonyl (C=O) groups is 2. The Morgan fingerprint density at radius 2 is 2.12 bits per heavy atom. The summed E-state index contributed by atoms with van der Waals surface area (Å²) in [5.41, 5.74) is 3.38. The number of hydrogen-bond donors (Lipinski definition) is 2. The van der Waals surface area contributed by atoms with Crippen molar-refractivity contribution in [3.05, 3.63) is 47.5 Å². The van der Waals surface area contributed by atoms with Crippen molar-refractivity contribution in [2.75, 3.05) is 23.8 Å². The van der Waals surface area contributed by atoms with Crippen LogP contribution in [0.1, 0.15) is 17.5 Å². The Morgan fingerprint density at radius 1 is 1.28 bits per heavy atom. The first-order valence-electron chi connectivity index (χ1n) is 8.08. The molecule has 2 N–H and O–H groups in total. The van der Waals surface area contributed by atoms with Crippen LogP contribution in [0.2, 0.25) is 0 Å². The topological polar surface area (TPSA) is 76.7 Å². The van der Waals surface area contributed by atoms with Crippen molar-refractivity contribution < 1.29 is 19.1 Å². The van der Waals surface area contributed by atoms with Crippen LogP contribution in [0.5, 0.6) is 11.5 Å². The maximum absolute atomic E-state index is 12.1.